The predicted octanol–water partition coefficient (Wildman–Crippen LogP) is 12.5. The second kappa shape index (κ2) is 39.8. The lowest BCUT2D eigenvalue weighted by atomic mass is 10.2. The summed E-state index contributed by atoms with van der Waals surface area (Å²) in [4.78, 5) is 37.5. The van der Waals surface area contributed by atoms with Crippen LogP contribution in [0.2, 0.25) is 0 Å². The van der Waals surface area contributed by atoms with Crippen molar-refractivity contribution in [3.63, 3.8) is 0 Å². The quantitative estimate of drug-likeness (QED) is 0.0291. The summed E-state index contributed by atoms with van der Waals surface area (Å²) >= 11 is 0. The van der Waals surface area contributed by atoms with E-state index < -0.39 is 12.1 Å². The molecule has 0 heterocycles. The molecule has 0 spiro atoms. The summed E-state index contributed by atoms with van der Waals surface area (Å²) in [5.41, 5.74) is 0. The summed E-state index contributed by atoms with van der Waals surface area (Å²) in [6, 6.07) is 0. The number of unbranched alkanes of at least 4 members (excludes halogenated alkanes) is 4. The highest BCUT2D eigenvalue weighted by Crippen LogP contribution is 2.08. The van der Waals surface area contributed by atoms with Crippen LogP contribution in [0.4, 0.5) is 0 Å². The number of allylic oxidation sites excluding steroid dienone is 18. The summed E-state index contributed by atoms with van der Waals surface area (Å²) < 4.78 is 16.5. The molecule has 0 saturated heterocycles. The van der Waals surface area contributed by atoms with Crippen LogP contribution in [0.3, 0.4) is 0 Å². The molecule has 0 rings (SSSR count). The maximum absolute atomic E-state index is 12.6. The molecule has 0 N–H and O–H groups in total. The van der Waals surface area contributed by atoms with Gasteiger partial charge < -0.3 is 14.2 Å². The van der Waals surface area contributed by atoms with Crippen LogP contribution in [-0.4, -0.2) is 37.2 Å². The minimum absolute atomic E-state index is 0.137. The molecule has 0 bridgehead atoms. The van der Waals surface area contributed by atoms with Gasteiger partial charge in [0.1, 0.15) is 13.2 Å². The largest absolute Gasteiger partial charge is 0.462 e. The smallest absolute Gasteiger partial charge is 0.306 e. The van der Waals surface area contributed by atoms with E-state index in [4.69, 9.17) is 14.2 Å². The van der Waals surface area contributed by atoms with Crippen LogP contribution in [0, 0.1) is 0 Å². The molecule has 0 radical (unpaired) electrons. The molecule has 0 amide bonds. The molecule has 0 aliphatic heterocycles. The Hall–Kier alpha value is -3.93. The van der Waals surface area contributed by atoms with Crippen LogP contribution in [0.15, 0.2) is 109 Å². The molecule has 0 aliphatic rings. The first-order valence-corrected chi connectivity index (χ1v) is 19.9. The van der Waals surface area contributed by atoms with Gasteiger partial charge in [-0.25, -0.2) is 0 Å². The number of rotatable bonds is 33. The highest BCUT2D eigenvalue weighted by atomic mass is 16.6. The number of carbonyl (C=O) groups excluding carboxylic acids is 3. The van der Waals surface area contributed by atoms with E-state index in [1.54, 1.807) is 0 Å². The zero-order chi connectivity index (χ0) is 38.0. The average molecular weight is 719 g/mol. The molecule has 6 heteroatoms. The van der Waals surface area contributed by atoms with Crippen LogP contribution in [0.25, 0.3) is 0 Å². The molecule has 0 aromatic carbocycles. The van der Waals surface area contributed by atoms with Crippen molar-refractivity contribution >= 4 is 17.9 Å². The lowest BCUT2D eigenvalue weighted by molar-refractivity contribution is -0.167. The summed E-state index contributed by atoms with van der Waals surface area (Å²) in [6.07, 6.45) is 52.4. The molecule has 0 saturated carbocycles. The summed E-state index contributed by atoms with van der Waals surface area (Å²) in [6.45, 7) is 6.09. The van der Waals surface area contributed by atoms with Crippen LogP contribution in [0.5, 0.6) is 0 Å². The first kappa shape index (κ1) is 48.1. The van der Waals surface area contributed by atoms with E-state index >= 15 is 0 Å². The topological polar surface area (TPSA) is 78.9 Å². The van der Waals surface area contributed by atoms with Gasteiger partial charge in [0.25, 0.3) is 0 Å². The van der Waals surface area contributed by atoms with Gasteiger partial charge in [-0.3, -0.25) is 14.4 Å². The lowest BCUT2D eigenvalue weighted by Gasteiger charge is -2.18. The minimum Gasteiger partial charge on any atom is -0.462 e. The first-order chi connectivity index (χ1) is 25.5. The molecule has 6 nitrogen and oxygen atoms in total. The zero-order valence-corrected chi connectivity index (χ0v) is 32.8. The normalized spacial score (nSPS) is 13.2. The third-order valence-electron chi connectivity index (χ3n) is 7.50. The fraction of sp³-hybridized carbons (Fsp3) is 0.543. The molecule has 290 valence electrons. The molecule has 52 heavy (non-hydrogen) atoms. The van der Waals surface area contributed by atoms with Crippen LogP contribution < -0.4 is 0 Å². The molecular formula is C46H70O6. The minimum atomic E-state index is -0.838. The summed E-state index contributed by atoms with van der Waals surface area (Å²) in [5, 5.41) is 0. The summed E-state index contributed by atoms with van der Waals surface area (Å²) in [7, 11) is 0. The molecule has 1 atom stereocenters. The Morgan fingerprint density at radius 1 is 0.385 bits per heavy atom. The molecule has 1 unspecified atom stereocenters. The fourth-order valence-electron chi connectivity index (χ4n) is 4.62. The van der Waals surface area contributed by atoms with Crippen molar-refractivity contribution in [3.8, 4) is 0 Å². The highest BCUT2D eigenvalue weighted by Gasteiger charge is 2.19. The standard InChI is InChI=1S/C46H70O6/c1-4-7-10-13-16-19-22-25-27-30-33-36-39-45(48)51-42-43(52-46(49)40-37-34-31-28-24-21-18-15-12-9-6-3)41-50-44(47)38-35-32-29-26-23-20-17-14-11-8-5-2/h7-12,16-21,25-29,31,43H,4-6,13-15,22-24,30,32-42H2,1-3H3/b10-7-,11-8-,12-9-,19-16-,20-17-,21-18-,27-25-,29-26-,31-28-. The monoisotopic (exact) mass is 719 g/mol. The van der Waals surface area contributed by atoms with Crippen molar-refractivity contribution in [2.45, 2.75) is 149 Å². The van der Waals surface area contributed by atoms with E-state index in [1.807, 2.05) is 0 Å². The Balaban J connectivity index is 4.62. The lowest BCUT2D eigenvalue weighted by Crippen LogP contribution is -2.30. The van der Waals surface area contributed by atoms with E-state index in [1.165, 1.54) is 0 Å². The van der Waals surface area contributed by atoms with Crippen molar-refractivity contribution in [2.75, 3.05) is 13.2 Å². The van der Waals surface area contributed by atoms with Crippen molar-refractivity contribution < 1.29 is 28.6 Å². The maximum Gasteiger partial charge on any atom is 0.306 e. The van der Waals surface area contributed by atoms with Gasteiger partial charge in [-0.2, -0.15) is 0 Å². The second-order valence-corrected chi connectivity index (χ2v) is 12.4. The van der Waals surface area contributed by atoms with Gasteiger partial charge in [-0.1, -0.05) is 130 Å². The average Bonchev–Trinajstić information content (AvgIpc) is 3.14. The van der Waals surface area contributed by atoms with Crippen LogP contribution in [0.1, 0.15) is 143 Å². The second-order valence-electron chi connectivity index (χ2n) is 12.4. The van der Waals surface area contributed by atoms with Crippen molar-refractivity contribution in [1.82, 2.24) is 0 Å². The highest BCUT2D eigenvalue weighted by molar-refractivity contribution is 5.71. The molecule has 0 aromatic rings. The van der Waals surface area contributed by atoms with Gasteiger partial charge in [-0.05, 0) is 103 Å². The van der Waals surface area contributed by atoms with Crippen molar-refractivity contribution in [1.29, 1.82) is 0 Å². The maximum atomic E-state index is 12.6. The Morgan fingerprint density at radius 3 is 1.08 bits per heavy atom. The number of ether oxygens (including phenoxy) is 3. The molecule has 0 fully saturated rings. The molecule has 0 aliphatic carbocycles. The number of hydrogen-bond donors (Lipinski definition) is 0. The Morgan fingerprint density at radius 2 is 0.692 bits per heavy atom. The Labute approximate surface area is 317 Å². The SMILES string of the molecule is CC/C=C\C/C=C\C/C=C\CCCCC(=O)OCC(COC(=O)CCC/C=C\C/C=C\C/C=C\CC)OC(=O)CCC/C=C\C/C=C\C/C=C\CC. The number of hydrogen-bond acceptors (Lipinski definition) is 6. The van der Waals surface area contributed by atoms with E-state index in [-0.39, 0.29) is 44.4 Å². The Kier molecular flexibility index (Phi) is 36.8. The van der Waals surface area contributed by atoms with Gasteiger partial charge in [0.05, 0.1) is 0 Å². The summed E-state index contributed by atoms with van der Waals surface area (Å²) in [5.74, 6) is -1.10. The van der Waals surface area contributed by atoms with Gasteiger partial charge in [0.2, 0.25) is 0 Å². The van der Waals surface area contributed by atoms with E-state index in [2.05, 4.69) is 130 Å². The van der Waals surface area contributed by atoms with E-state index in [0.29, 0.717) is 19.3 Å². The van der Waals surface area contributed by atoms with E-state index in [9.17, 15) is 14.4 Å². The van der Waals surface area contributed by atoms with Crippen molar-refractivity contribution in [3.05, 3.63) is 109 Å². The predicted molar refractivity (Wildman–Crippen MR) is 219 cm³/mol. The van der Waals surface area contributed by atoms with Gasteiger partial charge >= 0.3 is 17.9 Å². The van der Waals surface area contributed by atoms with Crippen molar-refractivity contribution in [2.24, 2.45) is 0 Å². The third kappa shape index (κ3) is 37.3. The number of esters is 3. The zero-order valence-electron chi connectivity index (χ0n) is 32.8. The molecular weight excluding hydrogens is 648 g/mol. The van der Waals surface area contributed by atoms with Gasteiger partial charge in [-0.15, -0.1) is 0 Å². The van der Waals surface area contributed by atoms with Crippen LogP contribution >= 0.6 is 0 Å². The van der Waals surface area contributed by atoms with Crippen LogP contribution in [-0.2, 0) is 28.6 Å². The number of carbonyl (C=O) groups is 3. The third-order valence-corrected chi connectivity index (χ3v) is 7.50. The van der Waals surface area contributed by atoms with Gasteiger partial charge in [0, 0.05) is 19.3 Å². The first-order valence-electron chi connectivity index (χ1n) is 19.9. The van der Waals surface area contributed by atoms with Gasteiger partial charge in [0.15, 0.2) is 6.10 Å². The molecule has 0 aromatic heterocycles. The Bertz CT molecular complexity index is 1150. The van der Waals surface area contributed by atoms with E-state index in [0.717, 1.165) is 83.5 Å². The fourth-order valence-corrected chi connectivity index (χ4v) is 4.62.